The summed E-state index contributed by atoms with van der Waals surface area (Å²) in [5.74, 6) is 3.01. The number of halogens is 2. The molecule has 0 saturated heterocycles. The molecule has 7 aliphatic rings. The summed E-state index contributed by atoms with van der Waals surface area (Å²) in [5, 5.41) is 4.30. The van der Waals surface area contributed by atoms with E-state index in [2.05, 4.69) is 10.1 Å². The fourth-order valence-electron chi connectivity index (χ4n) is 7.88. The van der Waals surface area contributed by atoms with Crippen LogP contribution in [-0.2, 0) is 16.1 Å². The normalized spacial score (nSPS) is 34.4. The average molecular weight is 551 g/mol. The van der Waals surface area contributed by atoms with Crippen LogP contribution in [0.4, 0.5) is 10.1 Å². The SMILES string of the molecule is O=C(N(CC12CCC(c3nc(C4CC4)no3)(CC1)CC2)c1cccc(-c2nc(CCl)co2)c1)C12CC(F)(C1)C2. The second-order valence-electron chi connectivity index (χ2n) is 13.2. The number of nitrogens with zero attached hydrogens (tertiary/aromatic N) is 4. The number of anilines is 1. The largest absolute Gasteiger partial charge is 0.444 e. The number of alkyl halides is 2. The summed E-state index contributed by atoms with van der Waals surface area (Å²) in [4.78, 5) is 25.4. The molecule has 7 nitrogen and oxygen atoms in total. The van der Waals surface area contributed by atoms with Crippen LogP contribution < -0.4 is 4.90 Å². The van der Waals surface area contributed by atoms with Crippen molar-refractivity contribution in [3.63, 3.8) is 0 Å². The van der Waals surface area contributed by atoms with E-state index in [9.17, 15) is 9.18 Å². The lowest BCUT2D eigenvalue weighted by atomic mass is 9.41. The van der Waals surface area contributed by atoms with Crippen LogP contribution in [0.15, 0.2) is 39.5 Å². The molecule has 0 aliphatic heterocycles. The fourth-order valence-corrected chi connectivity index (χ4v) is 8.00. The zero-order valence-electron chi connectivity index (χ0n) is 21.9. The van der Waals surface area contributed by atoms with Crippen molar-refractivity contribution in [2.75, 3.05) is 11.4 Å². The minimum absolute atomic E-state index is 0.0262. The van der Waals surface area contributed by atoms with Crippen molar-refractivity contribution < 1.29 is 18.1 Å². The summed E-state index contributed by atoms with van der Waals surface area (Å²) in [7, 11) is 0. The van der Waals surface area contributed by atoms with E-state index in [1.54, 1.807) is 6.26 Å². The lowest BCUT2D eigenvalue weighted by molar-refractivity contribution is -0.211. The molecule has 0 radical (unpaired) electrons. The quantitative estimate of drug-likeness (QED) is 0.285. The highest BCUT2D eigenvalue weighted by molar-refractivity contribution is 6.16. The maximum Gasteiger partial charge on any atom is 0.233 e. The number of fused-ring (bicyclic) bond motifs is 3. The summed E-state index contributed by atoms with van der Waals surface area (Å²) >= 11 is 5.93. The van der Waals surface area contributed by atoms with Crippen molar-refractivity contribution in [3.05, 3.63) is 47.9 Å². The van der Waals surface area contributed by atoms with Gasteiger partial charge in [0.1, 0.15) is 11.9 Å². The van der Waals surface area contributed by atoms with Gasteiger partial charge in [-0.05, 0) is 94.2 Å². The van der Waals surface area contributed by atoms with Crippen molar-refractivity contribution in [1.29, 1.82) is 0 Å². The first kappa shape index (κ1) is 24.1. The van der Waals surface area contributed by atoms with Gasteiger partial charge in [-0.25, -0.2) is 9.37 Å². The molecule has 2 heterocycles. The van der Waals surface area contributed by atoms with E-state index < -0.39 is 11.1 Å². The number of hydrogen-bond donors (Lipinski definition) is 0. The first-order chi connectivity index (χ1) is 18.8. The molecule has 0 atom stereocenters. The molecule has 7 aliphatic carbocycles. The van der Waals surface area contributed by atoms with Gasteiger partial charge >= 0.3 is 0 Å². The molecule has 39 heavy (non-hydrogen) atoms. The Labute approximate surface area is 231 Å². The third kappa shape index (κ3) is 3.73. The second kappa shape index (κ2) is 8.15. The maximum absolute atomic E-state index is 14.5. The van der Waals surface area contributed by atoms with Gasteiger partial charge in [-0.3, -0.25) is 4.79 Å². The van der Waals surface area contributed by atoms with Crippen molar-refractivity contribution in [2.45, 2.75) is 93.5 Å². The molecule has 0 spiro atoms. The highest BCUT2D eigenvalue weighted by atomic mass is 35.5. The molecule has 9 heteroatoms. The van der Waals surface area contributed by atoms with Crippen LogP contribution in [0, 0.1) is 10.8 Å². The Balaban J connectivity index is 1.07. The average Bonchev–Trinajstić information content (AvgIpc) is 3.45. The van der Waals surface area contributed by atoms with Gasteiger partial charge in [-0.2, -0.15) is 4.98 Å². The topological polar surface area (TPSA) is 85.3 Å². The van der Waals surface area contributed by atoms with Crippen LogP contribution in [0.5, 0.6) is 0 Å². The molecule has 204 valence electrons. The molecule has 0 N–H and O–H groups in total. The Morgan fingerprint density at radius 2 is 1.82 bits per heavy atom. The van der Waals surface area contributed by atoms with E-state index in [4.69, 9.17) is 25.5 Å². The Hall–Kier alpha value is -2.74. The zero-order chi connectivity index (χ0) is 26.5. The third-order valence-electron chi connectivity index (χ3n) is 10.5. The number of carbonyl (C=O) groups is 1. The molecular formula is C30H32ClFN4O3. The number of carbonyl (C=O) groups excluding carboxylic acids is 1. The number of benzene rings is 1. The van der Waals surface area contributed by atoms with Gasteiger partial charge < -0.3 is 13.8 Å². The monoisotopic (exact) mass is 550 g/mol. The van der Waals surface area contributed by atoms with Gasteiger partial charge in [0, 0.05) is 29.1 Å². The minimum atomic E-state index is -1.13. The molecule has 3 aromatic rings. The Morgan fingerprint density at radius 1 is 1.08 bits per heavy atom. The molecule has 2 aromatic heterocycles. The van der Waals surface area contributed by atoms with Gasteiger partial charge in [0.05, 0.1) is 17.0 Å². The van der Waals surface area contributed by atoms with Crippen LogP contribution in [-0.4, -0.2) is 33.2 Å². The number of hydrogen-bond acceptors (Lipinski definition) is 6. The second-order valence-corrected chi connectivity index (χ2v) is 13.5. The van der Waals surface area contributed by atoms with Crippen LogP contribution >= 0.6 is 11.6 Å². The predicted octanol–water partition coefficient (Wildman–Crippen LogP) is 6.86. The molecule has 10 rings (SSSR count). The summed E-state index contributed by atoms with van der Waals surface area (Å²) in [6.07, 6.45) is 11.0. The van der Waals surface area contributed by atoms with Crippen LogP contribution in [0.25, 0.3) is 11.5 Å². The number of aromatic nitrogens is 3. The van der Waals surface area contributed by atoms with E-state index in [-0.39, 0.29) is 22.6 Å². The lowest BCUT2D eigenvalue weighted by Crippen LogP contribution is -2.71. The summed E-state index contributed by atoms with van der Waals surface area (Å²) in [5.41, 5.74) is 0.609. The number of oxazole rings is 1. The van der Waals surface area contributed by atoms with E-state index >= 15 is 0 Å². The van der Waals surface area contributed by atoms with Crippen molar-refractivity contribution in [3.8, 4) is 11.5 Å². The summed E-state index contributed by atoms with van der Waals surface area (Å²) in [6, 6.07) is 7.82. The van der Waals surface area contributed by atoms with Gasteiger partial charge in [-0.1, -0.05) is 11.2 Å². The van der Waals surface area contributed by atoms with E-state index in [0.717, 1.165) is 74.3 Å². The van der Waals surface area contributed by atoms with E-state index in [1.165, 1.54) is 0 Å². The minimum Gasteiger partial charge on any atom is -0.444 e. The first-order valence-corrected chi connectivity index (χ1v) is 14.8. The highest BCUT2D eigenvalue weighted by Gasteiger charge is 2.73. The molecule has 4 bridgehead atoms. The molecular weight excluding hydrogens is 519 g/mol. The van der Waals surface area contributed by atoms with Crippen LogP contribution in [0.1, 0.15) is 94.0 Å². The van der Waals surface area contributed by atoms with Crippen molar-refractivity contribution in [2.24, 2.45) is 10.8 Å². The molecule has 1 aromatic carbocycles. The van der Waals surface area contributed by atoms with Gasteiger partial charge in [0.2, 0.25) is 17.7 Å². The van der Waals surface area contributed by atoms with E-state index in [1.807, 2.05) is 29.2 Å². The van der Waals surface area contributed by atoms with Gasteiger partial charge in [0.15, 0.2) is 5.82 Å². The van der Waals surface area contributed by atoms with Gasteiger partial charge in [-0.15, -0.1) is 11.6 Å². The maximum atomic E-state index is 14.5. The van der Waals surface area contributed by atoms with Gasteiger partial charge in [0.25, 0.3) is 0 Å². The number of rotatable bonds is 8. The fraction of sp³-hybridized carbons (Fsp3) is 0.600. The molecule has 7 saturated carbocycles. The molecule has 1 amide bonds. The standard InChI is InChI=1S/C30H32ClFN4O3/c31-13-21-14-38-24(33-21)20-2-1-3-22(12-20)36(26(37)29-15-30(32,16-29)17-29)18-27-6-9-28(10-7-27,11-8-27)25-34-23(35-39-25)19-4-5-19/h1-3,12,14,19H,4-11,13,15-18H2. The Morgan fingerprint density at radius 3 is 2.46 bits per heavy atom. The van der Waals surface area contributed by atoms with Crippen LogP contribution in [0.3, 0.4) is 0 Å². The molecule has 0 unspecified atom stereocenters. The zero-order valence-corrected chi connectivity index (χ0v) is 22.7. The third-order valence-corrected chi connectivity index (χ3v) is 10.8. The highest BCUT2D eigenvalue weighted by Crippen LogP contribution is 2.70. The number of amides is 1. The van der Waals surface area contributed by atoms with Crippen molar-refractivity contribution in [1.82, 2.24) is 15.1 Å². The van der Waals surface area contributed by atoms with Crippen molar-refractivity contribution >= 4 is 23.2 Å². The molecule has 7 fully saturated rings. The summed E-state index contributed by atoms with van der Waals surface area (Å²) in [6.45, 7) is 0.641. The smallest absolute Gasteiger partial charge is 0.233 e. The summed E-state index contributed by atoms with van der Waals surface area (Å²) < 4.78 is 26.0. The van der Waals surface area contributed by atoms with E-state index in [0.29, 0.717) is 43.3 Å². The Kier molecular flexibility index (Phi) is 5.03. The first-order valence-electron chi connectivity index (χ1n) is 14.3. The predicted molar refractivity (Wildman–Crippen MR) is 142 cm³/mol. The lowest BCUT2D eigenvalue weighted by Gasteiger charge is -2.65. The Bertz CT molecular complexity index is 1420. The van der Waals surface area contributed by atoms with Crippen LogP contribution in [0.2, 0.25) is 0 Å².